The topological polar surface area (TPSA) is 45.3 Å². The summed E-state index contributed by atoms with van der Waals surface area (Å²) in [5.74, 6) is 1.35. The molecule has 3 aromatic rings. The van der Waals surface area contributed by atoms with Crippen LogP contribution in [0.2, 0.25) is 0 Å². The molecule has 1 N–H and O–H groups in total. The van der Waals surface area contributed by atoms with Crippen LogP contribution >= 0.6 is 0 Å². The van der Waals surface area contributed by atoms with E-state index in [1.807, 2.05) is 24.0 Å². The van der Waals surface area contributed by atoms with E-state index in [1.165, 1.54) is 33.3 Å². The van der Waals surface area contributed by atoms with Gasteiger partial charge in [0.2, 0.25) is 0 Å². The number of benzene rings is 2. The zero-order valence-electron chi connectivity index (χ0n) is 17.8. The Labute approximate surface area is 172 Å². The molecule has 1 aliphatic rings. The lowest BCUT2D eigenvalue weighted by Crippen LogP contribution is -2.40. The van der Waals surface area contributed by atoms with Crippen LogP contribution in [0.5, 0.6) is 5.75 Å². The monoisotopic (exact) mass is 390 g/mol. The van der Waals surface area contributed by atoms with Crippen LogP contribution in [0.4, 0.5) is 0 Å². The van der Waals surface area contributed by atoms with Crippen LogP contribution < -0.4 is 4.74 Å². The van der Waals surface area contributed by atoms with Gasteiger partial charge in [-0.2, -0.15) is 0 Å². The highest BCUT2D eigenvalue weighted by Crippen LogP contribution is 2.34. The number of nitrogens with one attached hydrogen (secondary N) is 1. The van der Waals surface area contributed by atoms with Crippen molar-refractivity contribution in [3.05, 3.63) is 64.3 Å². The van der Waals surface area contributed by atoms with E-state index in [2.05, 4.69) is 50.0 Å². The normalized spacial score (nSPS) is 15.1. The van der Waals surface area contributed by atoms with Gasteiger partial charge in [0.05, 0.1) is 0 Å². The molecule has 4 rings (SSSR count). The summed E-state index contributed by atoms with van der Waals surface area (Å²) in [5.41, 5.74) is 7.46. The zero-order valence-corrected chi connectivity index (χ0v) is 17.8. The molecule has 152 valence electrons. The Morgan fingerprint density at radius 2 is 1.72 bits per heavy atom. The number of hydrogen-bond acceptors (Lipinski definition) is 2. The molecule has 2 aromatic carbocycles. The Morgan fingerprint density at radius 1 is 1.03 bits per heavy atom. The molecule has 2 heterocycles. The number of rotatable bonds is 4. The van der Waals surface area contributed by atoms with Crippen LogP contribution in [-0.2, 0) is 4.79 Å². The summed E-state index contributed by atoms with van der Waals surface area (Å²) in [6, 6.07) is 12.6. The minimum Gasteiger partial charge on any atom is -0.484 e. The van der Waals surface area contributed by atoms with E-state index in [1.54, 1.807) is 0 Å². The van der Waals surface area contributed by atoms with E-state index < -0.39 is 0 Å². The van der Waals surface area contributed by atoms with Crippen molar-refractivity contribution in [3.8, 4) is 5.75 Å². The molecule has 1 saturated heterocycles. The predicted octanol–water partition coefficient (Wildman–Crippen LogP) is 5.19. The van der Waals surface area contributed by atoms with Gasteiger partial charge < -0.3 is 14.6 Å². The minimum absolute atomic E-state index is 0.0763. The summed E-state index contributed by atoms with van der Waals surface area (Å²) in [5, 5.41) is 1.32. The molecule has 0 bridgehead atoms. The summed E-state index contributed by atoms with van der Waals surface area (Å²) in [4.78, 5) is 18.2. The Bertz CT molecular complexity index is 1040. The fourth-order valence-corrected chi connectivity index (χ4v) is 4.48. The highest BCUT2D eigenvalue weighted by Gasteiger charge is 2.26. The summed E-state index contributed by atoms with van der Waals surface area (Å²) < 4.78 is 5.79. The number of amides is 1. The first kappa shape index (κ1) is 19.6. The Morgan fingerprint density at radius 3 is 2.45 bits per heavy atom. The molecule has 1 aliphatic heterocycles. The molecule has 29 heavy (non-hydrogen) atoms. The highest BCUT2D eigenvalue weighted by molar-refractivity contribution is 5.85. The quantitative estimate of drug-likeness (QED) is 0.667. The van der Waals surface area contributed by atoms with Gasteiger partial charge in [-0.05, 0) is 69.9 Å². The van der Waals surface area contributed by atoms with E-state index in [9.17, 15) is 4.79 Å². The van der Waals surface area contributed by atoms with Crippen molar-refractivity contribution in [2.75, 3.05) is 19.7 Å². The maximum Gasteiger partial charge on any atom is 0.260 e. The van der Waals surface area contributed by atoms with Crippen molar-refractivity contribution in [1.82, 2.24) is 9.88 Å². The second-order valence-corrected chi connectivity index (χ2v) is 8.43. The third-order valence-electron chi connectivity index (χ3n) is 6.19. The van der Waals surface area contributed by atoms with Crippen LogP contribution in [0.15, 0.2) is 36.4 Å². The second kappa shape index (κ2) is 7.94. The lowest BCUT2D eigenvalue weighted by Gasteiger charge is -2.32. The standard InChI is InChI=1S/C25H30N2O2/c1-16-6-8-23(18(3)13-16)29-15-24(28)27-11-9-20(10-12-27)25-19(4)21-14-17(2)5-7-22(21)26-25/h5-8,13-14,20,26H,9-12,15H2,1-4H3. The van der Waals surface area contributed by atoms with E-state index in [0.717, 1.165) is 37.2 Å². The summed E-state index contributed by atoms with van der Waals surface area (Å²) in [6.45, 7) is 10.1. The van der Waals surface area contributed by atoms with E-state index >= 15 is 0 Å². The minimum atomic E-state index is 0.0763. The van der Waals surface area contributed by atoms with Crippen LogP contribution in [0.3, 0.4) is 0 Å². The average Bonchev–Trinajstić information content (AvgIpc) is 3.03. The number of aromatic nitrogens is 1. The second-order valence-electron chi connectivity index (χ2n) is 8.43. The van der Waals surface area contributed by atoms with Crippen molar-refractivity contribution in [3.63, 3.8) is 0 Å². The van der Waals surface area contributed by atoms with Gasteiger partial charge in [-0.15, -0.1) is 0 Å². The fraction of sp³-hybridized carbons (Fsp3) is 0.400. The summed E-state index contributed by atoms with van der Waals surface area (Å²) in [7, 11) is 0. The van der Waals surface area contributed by atoms with Gasteiger partial charge >= 0.3 is 0 Å². The number of carbonyl (C=O) groups excluding carboxylic acids is 1. The average molecular weight is 391 g/mol. The maximum absolute atomic E-state index is 12.6. The molecule has 4 nitrogen and oxygen atoms in total. The van der Waals surface area contributed by atoms with E-state index in [0.29, 0.717) is 5.92 Å². The number of aromatic amines is 1. The van der Waals surface area contributed by atoms with Crippen molar-refractivity contribution < 1.29 is 9.53 Å². The lowest BCUT2D eigenvalue weighted by molar-refractivity contribution is -0.134. The number of piperidine rings is 1. The first-order chi connectivity index (χ1) is 13.9. The first-order valence-corrected chi connectivity index (χ1v) is 10.5. The van der Waals surface area contributed by atoms with Crippen molar-refractivity contribution >= 4 is 16.8 Å². The Kier molecular flexibility index (Phi) is 5.35. The van der Waals surface area contributed by atoms with E-state index in [4.69, 9.17) is 4.74 Å². The molecule has 1 aromatic heterocycles. The molecule has 0 aliphatic carbocycles. The SMILES string of the molecule is Cc1ccc(OCC(=O)N2CCC(c3[nH]c4ccc(C)cc4c3C)CC2)c(C)c1. The first-order valence-electron chi connectivity index (χ1n) is 10.5. The lowest BCUT2D eigenvalue weighted by atomic mass is 9.91. The van der Waals surface area contributed by atoms with Crippen molar-refractivity contribution in [2.24, 2.45) is 0 Å². The molecule has 0 radical (unpaired) electrons. The molecule has 1 amide bonds. The number of aryl methyl sites for hydroxylation is 4. The van der Waals surface area contributed by atoms with Gasteiger partial charge in [0.15, 0.2) is 6.61 Å². The molecule has 0 saturated carbocycles. The Balaban J connectivity index is 1.36. The molecular weight excluding hydrogens is 360 g/mol. The number of carbonyl (C=O) groups is 1. The summed E-state index contributed by atoms with van der Waals surface area (Å²) >= 11 is 0. The van der Waals surface area contributed by atoms with Gasteiger partial charge in [0, 0.05) is 35.6 Å². The zero-order chi connectivity index (χ0) is 20.5. The number of likely N-dealkylation sites (tertiary alicyclic amines) is 1. The van der Waals surface area contributed by atoms with Gasteiger partial charge in [-0.1, -0.05) is 29.3 Å². The molecule has 4 heteroatoms. The van der Waals surface area contributed by atoms with E-state index in [-0.39, 0.29) is 12.5 Å². The largest absolute Gasteiger partial charge is 0.484 e. The van der Waals surface area contributed by atoms with Crippen LogP contribution in [0, 0.1) is 27.7 Å². The Hall–Kier alpha value is -2.75. The van der Waals surface area contributed by atoms with Crippen LogP contribution in [0.1, 0.15) is 46.7 Å². The van der Waals surface area contributed by atoms with Gasteiger partial charge in [-0.3, -0.25) is 4.79 Å². The molecule has 1 fully saturated rings. The third-order valence-corrected chi connectivity index (χ3v) is 6.19. The third kappa shape index (κ3) is 4.02. The number of H-pyrrole nitrogens is 1. The highest BCUT2D eigenvalue weighted by atomic mass is 16.5. The maximum atomic E-state index is 12.6. The van der Waals surface area contributed by atoms with Crippen LogP contribution in [0.25, 0.3) is 10.9 Å². The molecule has 0 unspecified atom stereocenters. The van der Waals surface area contributed by atoms with Crippen molar-refractivity contribution in [2.45, 2.75) is 46.5 Å². The predicted molar refractivity (Wildman–Crippen MR) is 118 cm³/mol. The number of ether oxygens (including phenoxy) is 1. The van der Waals surface area contributed by atoms with Gasteiger partial charge in [0.25, 0.3) is 5.91 Å². The smallest absolute Gasteiger partial charge is 0.260 e. The molecule has 0 atom stereocenters. The van der Waals surface area contributed by atoms with Gasteiger partial charge in [-0.25, -0.2) is 0 Å². The number of hydrogen-bond donors (Lipinski definition) is 1. The van der Waals surface area contributed by atoms with Crippen LogP contribution in [-0.4, -0.2) is 35.5 Å². The number of nitrogens with zero attached hydrogens (tertiary/aromatic N) is 1. The molecule has 0 spiro atoms. The fourth-order valence-electron chi connectivity index (χ4n) is 4.48. The molecular formula is C25H30N2O2. The number of fused-ring (bicyclic) bond motifs is 1. The van der Waals surface area contributed by atoms with Gasteiger partial charge in [0.1, 0.15) is 5.75 Å². The summed E-state index contributed by atoms with van der Waals surface area (Å²) in [6.07, 6.45) is 1.98. The van der Waals surface area contributed by atoms with Crippen molar-refractivity contribution in [1.29, 1.82) is 0 Å².